The van der Waals surface area contributed by atoms with Crippen molar-refractivity contribution in [3.05, 3.63) is 35.9 Å². The Bertz CT molecular complexity index is 1060. The summed E-state index contributed by atoms with van der Waals surface area (Å²) in [5.41, 5.74) is 4.29. The lowest BCUT2D eigenvalue weighted by molar-refractivity contribution is -0.116. The third kappa shape index (κ3) is 4.62. The highest BCUT2D eigenvalue weighted by molar-refractivity contribution is 7.00. The van der Waals surface area contributed by atoms with Crippen LogP contribution in [-0.2, 0) is 11.2 Å². The topological polar surface area (TPSA) is 83.5 Å². The van der Waals surface area contributed by atoms with Gasteiger partial charge in [-0.25, -0.2) is 0 Å². The summed E-state index contributed by atoms with van der Waals surface area (Å²) in [6, 6.07) is 10.1. The number of carbonyl (C=O) groups is 1. The van der Waals surface area contributed by atoms with Crippen LogP contribution in [0.25, 0.3) is 11.0 Å². The van der Waals surface area contributed by atoms with E-state index in [2.05, 4.69) is 41.0 Å². The summed E-state index contributed by atoms with van der Waals surface area (Å²) in [5, 5.41) is 2.82. The molecule has 9 heteroatoms. The number of carbonyl (C=O) groups excluding carboxylic acids is 1. The molecule has 1 N–H and O–H groups in total. The number of nitrogens with one attached hydrogen (secondary N) is 1. The maximum absolute atomic E-state index is 11.5. The quantitative estimate of drug-likeness (QED) is 0.568. The van der Waals surface area contributed by atoms with Gasteiger partial charge in [0, 0.05) is 38.7 Å². The van der Waals surface area contributed by atoms with Crippen molar-refractivity contribution in [1.29, 1.82) is 0 Å². The van der Waals surface area contributed by atoms with Gasteiger partial charge in [-0.1, -0.05) is 6.07 Å². The summed E-state index contributed by atoms with van der Waals surface area (Å²) in [5.74, 6) is 1.26. The summed E-state index contributed by atoms with van der Waals surface area (Å²) in [7, 11) is 0. The number of aromatic nitrogens is 3. The number of piperazine rings is 1. The Kier molecular flexibility index (Phi) is 5.95. The molecule has 2 aliphatic rings. The molecule has 0 unspecified atom stereocenters. The van der Waals surface area contributed by atoms with Crippen molar-refractivity contribution >= 4 is 40.2 Å². The number of amides is 1. The van der Waals surface area contributed by atoms with Gasteiger partial charge in [0.1, 0.15) is 16.9 Å². The molecule has 1 amide bonds. The van der Waals surface area contributed by atoms with Crippen LogP contribution in [0.5, 0.6) is 5.88 Å². The number of nitrogens with zero attached hydrogens (tertiary/aromatic N) is 5. The minimum atomic E-state index is 0.0252. The molecule has 0 saturated carbocycles. The van der Waals surface area contributed by atoms with Crippen LogP contribution in [0.15, 0.2) is 30.3 Å². The first-order valence-electron chi connectivity index (χ1n) is 10.9. The van der Waals surface area contributed by atoms with Crippen molar-refractivity contribution in [2.75, 3.05) is 49.5 Å². The zero-order valence-electron chi connectivity index (χ0n) is 17.4. The molecule has 0 spiro atoms. The Hall–Kier alpha value is -2.78. The van der Waals surface area contributed by atoms with E-state index in [-0.39, 0.29) is 5.91 Å². The van der Waals surface area contributed by atoms with E-state index in [1.165, 1.54) is 17.4 Å². The van der Waals surface area contributed by atoms with Gasteiger partial charge >= 0.3 is 0 Å². The molecule has 2 aliphatic heterocycles. The number of fused-ring (bicyclic) bond motifs is 2. The average Bonchev–Trinajstić information content (AvgIpc) is 3.28. The van der Waals surface area contributed by atoms with Gasteiger partial charge in [0.2, 0.25) is 11.8 Å². The molecule has 162 valence electrons. The van der Waals surface area contributed by atoms with Crippen molar-refractivity contribution in [2.24, 2.45) is 0 Å². The Labute approximate surface area is 185 Å². The van der Waals surface area contributed by atoms with E-state index < -0.39 is 0 Å². The van der Waals surface area contributed by atoms with Crippen molar-refractivity contribution < 1.29 is 9.53 Å². The Morgan fingerprint density at radius 3 is 2.84 bits per heavy atom. The fourth-order valence-electron chi connectivity index (χ4n) is 4.18. The molecule has 4 heterocycles. The van der Waals surface area contributed by atoms with Crippen LogP contribution in [-0.4, -0.2) is 63.9 Å². The molecular weight excluding hydrogens is 412 g/mol. The van der Waals surface area contributed by atoms with Crippen LogP contribution in [0.3, 0.4) is 0 Å². The smallest absolute Gasteiger partial charge is 0.225 e. The second-order valence-corrected chi connectivity index (χ2v) is 8.53. The summed E-state index contributed by atoms with van der Waals surface area (Å²) >= 11 is 1.28. The number of benzene rings is 1. The summed E-state index contributed by atoms with van der Waals surface area (Å²) in [6.45, 7) is 5.85. The fraction of sp³-hybridized carbons (Fsp3) is 0.455. The van der Waals surface area contributed by atoms with Crippen LogP contribution < -0.4 is 15.0 Å². The molecular formula is C22H26N6O2S. The van der Waals surface area contributed by atoms with Gasteiger partial charge in [0.25, 0.3) is 0 Å². The van der Waals surface area contributed by atoms with Gasteiger partial charge in [-0.15, -0.1) is 0 Å². The SMILES string of the molecule is O=C1CCc2ccc(OCCCCN3CCN(c4cccc5nsnc45)CC3)nc2N1. The lowest BCUT2D eigenvalue weighted by atomic mass is 10.1. The number of ether oxygens (including phenoxy) is 1. The van der Waals surface area contributed by atoms with Crippen molar-refractivity contribution in [3.63, 3.8) is 0 Å². The summed E-state index contributed by atoms with van der Waals surface area (Å²) < 4.78 is 14.6. The highest BCUT2D eigenvalue weighted by Gasteiger charge is 2.20. The van der Waals surface area contributed by atoms with E-state index in [0.29, 0.717) is 24.7 Å². The normalized spacial score (nSPS) is 16.9. The fourth-order valence-corrected chi connectivity index (χ4v) is 4.72. The summed E-state index contributed by atoms with van der Waals surface area (Å²) in [4.78, 5) is 20.9. The molecule has 0 atom stereocenters. The molecule has 0 aliphatic carbocycles. The monoisotopic (exact) mass is 438 g/mol. The van der Waals surface area contributed by atoms with E-state index in [1.807, 2.05) is 18.2 Å². The van der Waals surface area contributed by atoms with Crippen LogP contribution in [0.4, 0.5) is 11.5 Å². The number of rotatable bonds is 7. The minimum Gasteiger partial charge on any atom is -0.478 e. The van der Waals surface area contributed by atoms with Gasteiger partial charge in [-0.05, 0) is 49.6 Å². The third-order valence-electron chi connectivity index (χ3n) is 5.93. The molecule has 3 aromatic rings. The number of hydrogen-bond acceptors (Lipinski definition) is 8. The highest BCUT2D eigenvalue weighted by Crippen LogP contribution is 2.26. The first kappa shape index (κ1) is 20.1. The lowest BCUT2D eigenvalue weighted by Crippen LogP contribution is -2.46. The van der Waals surface area contributed by atoms with E-state index in [1.54, 1.807) is 0 Å². The van der Waals surface area contributed by atoms with Gasteiger partial charge < -0.3 is 15.0 Å². The van der Waals surface area contributed by atoms with E-state index in [4.69, 9.17) is 4.74 Å². The molecule has 1 fully saturated rings. The van der Waals surface area contributed by atoms with Crippen molar-refractivity contribution in [1.82, 2.24) is 18.6 Å². The first-order valence-corrected chi connectivity index (χ1v) is 11.6. The Morgan fingerprint density at radius 2 is 1.94 bits per heavy atom. The Morgan fingerprint density at radius 1 is 1.03 bits per heavy atom. The van der Waals surface area contributed by atoms with Crippen LogP contribution in [0.2, 0.25) is 0 Å². The molecule has 1 saturated heterocycles. The number of aryl methyl sites for hydroxylation is 1. The highest BCUT2D eigenvalue weighted by atomic mass is 32.1. The van der Waals surface area contributed by atoms with Gasteiger partial charge in [-0.2, -0.15) is 13.7 Å². The second-order valence-electron chi connectivity index (χ2n) is 8.00. The molecule has 0 radical (unpaired) electrons. The molecule has 2 aromatic heterocycles. The van der Waals surface area contributed by atoms with E-state index >= 15 is 0 Å². The predicted molar refractivity (Wildman–Crippen MR) is 122 cm³/mol. The Balaban J connectivity index is 1.03. The average molecular weight is 439 g/mol. The van der Waals surface area contributed by atoms with E-state index in [0.717, 1.165) is 68.6 Å². The predicted octanol–water partition coefficient (Wildman–Crippen LogP) is 2.95. The lowest BCUT2D eigenvalue weighted by Gasteiger charge is -2.36. The minimum absolute atomic E-state index is 0.0252. The number of unbranched alkanes of at least 4 members (excludes halogenated alkanes) is 1. The van der Waals surface area contributed by atoms with Gasteiger partial charge in [0.15, 0.2) is 0 Å². The summed E-state index contributed by atoms with van der Waals surface area (Å²) in [6.07, 6.45) is 3.35. The third-order valence-corrected chi connectivity index (χ3v) is 6.47. The van der Waals surface area contributed by atoms with Crippen LogP contribution in [0.1, 0.15) is 24.8 Å². The van der Waals surface area contributed by atoms with E-state index in [9.17, 15) is 4.79 Å². The first-order chi connectivity index (χ1) is 15.3. The largest absolute Gasteiger partial charge is 0.478 e. The van der Waals surface area contributed by atoms with Crippen LogP contribution >= 0.6 is 11.7 Å². The maximum atomic E-state index is 11.5. The molecule has 5 rings (SSSR count). The molecule has 31 heavy (non-hydrogen) atoms. The van der Waals surface area contributed by atoms with Crippen molar-refractivity contribution in [2.45, 2.75) is 25.7 Å². The zero-order valence-corrected chi connectivity index (χ0v) is 18.2. The van der Waals surface area contributed by atoms with Gasteiger partial charge in [0.05, 0.1) is 24.0 Å². The second kappa shape index (κ2) is 9.15. The maximum Gasteiger partial charge on any atom is 0.225 e. The molecule has 8 nitrogen and oxygen atoms in total. The van der Waals surface area contributed by atoms with Crippen LogP contribution in [0, 0.1) is 0 Å². The van der Waals surface area contributed by atoms with Gasteiger partial charge in [-0.3, -0.25) is 9.69 Å². The number of hydrogen-bond donors (Lipinski definition) is 1. The number of pyridine rings is 1. The zero-order chi connectivity index (χ0) is 21.0. The molecule has 1 aromatic carbocycles. The van der Waals surface area contributed by atoms with Crippen molar-refractivity contribution in [3.8, 4) is 5.88 Å². The molecule has 0 bridgehead atoms. The number of anilines is 2. The standard InChI is InChI=1S/C22H26N6O2S/c29-19-8-6-16-7-9-20(24-22(16)23-19)30-15-2-1-10-27-11-13-28(14-12-27)18-5-3-4-17-21(18)26-31-25-17/h3-5,7,9H,1-2,6,8,10-15H2,(H,23,24,29).